The zero-order valence-electron chi connectivity index (χ0n) is 9.56. The van der Waals surface area contributed by atoms with Crippen LogP contribution in [0.1, 0.15) is 20.3 Å². The third kappa shape index (κ3) is 9.80. The minimum Gasteiger partial charge on any atom is -0.315 e. The number of hydrogen-bond donors (Lipinski definition) is 2. The molecular weight excluding hydrogens is 162 g/mol. The summed E-state index contributed by atoms with van der Waals surface area (Å²) in [7, 11) is 4.20. The topological polar surface area (TPSA) is 27.3 Å². The van der Waals surface area contributed by atoms with E-state index in [1.807, 2.05) is 0 Å². The van der Waals surface area contributed by atoms with Crippen LogP contribution >= 0.6 is 0 Å². The molecule has 0 rings (SSSR count). The number of nitrogens with zero attached hydrogens (tertiary/aromatic N) is 1. The third-order valence-corrected chi connectivity index (χ3v) is 1.93. The van der Waals surface area contributed by atoms with E-state index in [9.17, 15) is 0 Å². The number of rotatable bonds is 8. The molecular formula is C10H25N3. The molecule has 0 aliphatic carbocycles. The minimum absolute atomic E-state index is 0.575. The summed E-state index contributed by atoms with van der Waals surface area (Å²) < 4.78 is 0. The van der Waals surface area contributed by atoms with Gasteiger partial charge in [-0.1, -0.05) is 6.92 Å². The first-order valence-corrected chi connectivity index (χ1v) is 5.25. The van der Waals surface area contributed by atoms with Gasteiger partial charge in [-0.3, -0.25) is 0 Å². The van der Waals surface area contributed by atoms with Crippen LogP contribution in [0.3, 0.4) is 0 Å². The molecule has 1 atom stereocenters. The van der Waals surface area contributed by atoms with E-state index in [0.29, 0.717) is 6.04 Å². The molecule has 1 unspecified atom stereocenters. The first kappa shape index (κ1) is 12.9. The first-order valence-electron chi connectivity index (χ1n) is 5.25. The van der Waals surface area contributed by atoms with E-state index < -0.39 is 0 Å². The Balaban J connectivity index is 3.15. The lowest BCUT2D eigenvalue weighted by Crippen LogP contribution is -2.39. The van der Waals surface area contributed by atoms with Crippen LogP contribution in [0, 0.1) is 0 Å². The minimum atomic E-state index is 0.575. The number of hydrogen-bond acceptors (Lipinski definition) is 3. The zero-order valence-corrected chi connectivity index (χ0v) is 9.56. The van der Waals surface area contributed by atoms with Crippen LogP contribution in [0.5, 0.6) is 0 Å². The normalized spacial score (nSPS) is 13.6. The Bertz CT molecular complexity index is 104. The summed E-state index contributed by atoms with van der Waals surface area (Å²) in [6.07, 6.45) is 1.21. The van der Waals surface area contributed by atoms with Gasteiger partial charge >= 0.3 is 0 Å². The van der Waals surface area contributed by atoms with Gasteiger partial charge in [-0.05, 0) is 34.0 Å². The molecule has 0 aromatic heterocycles. The third-order valence-electron chi connectivity index (χ3n) is 1.93. The molecule has 0 heterocycles. The van der Waals surface area contributed by atoms with Crippen LogP contribution in [0.2, 0.25) is 0 Å². The quantitative estimate of drug-likeness (QED) is 0.543. The standard InChI is InChI=1S/C10H25N3/c1-5-6-11-9-10(2)12-7-8-13(3)4/h10-12H,5-9H2,1-4H3. The molecule has 2 N–H and O–H groups in total. The molecule has 0 aromatic carbocycles. The van der Waals surface area contributed by atoms with Crippen molar-refractivity contribution in [2.45, 2.75) is 26.3 Å². The van der Waals surface area contributed by atoms with Crippen LogP contribution in [-0.4, -0.2) is 51.2 Å². The molecule has 0 spiro atoms. The molecule has 3 heteroatoms. The van der Waals surface area contributed by atoms with Crippen molar-refractivity contribution in [2.75, 3.05) is 40.3 Å². The van der Waals surface area contributed by atoms with Crippen molar-refractivity contribution in [2.24, 2.45) is 0 Å². The summed E-state index contributed by atoms with van der Waals surface area (Å²) >= 11 is 0. The lowest BCUT2D eigenvalue weighted by atomic mass is 10.3. The molecule has 0 fully saturated rings. The summed E-state index contributed by atoms with van der Waals surface area (Å²) in [5.41, 5.74) is 0. The van der Waals surface area contributed by atoms with Gasteiger partial charge in [0.05, 0.1) is 0 Å². The maximum Gasteiger partial charge on any atom is 0.0164 e. The van der Waals surface area contributed by atoms with E-state index in [0.717, 1.165) is 26.2 Å². The molecule has 13 heavy (non-hydrogen) atoms. The average Bonchev–Trinajstić information content (AvgIpc) is 2.04. The van der Waals surface area contributed by atoms with Gasteiger partial charge in [-0.2, -0.15) is 0 Å². The molecule has 0 aliphatic heterocycles. The predicted octanol–water partition coefficient (Wildman–Crippen LogP) is 0.526. The second-order valence-corrected chi connectivity index (χ2v) is 3.86. The zero-order chi connectivity index (χ0) is 10.1. The smallest absolute Gasteiger partial charge is 0.0164 e. The summed E-state index contributed by atoms with van der Waals surface area (Å²) in [6.45, 7) is 8.79. The molecule has 0 radical (unpaired) electrons. The van der Waals surface area contributed by atoms with E-state index in [4.69, 9.17) is 0 Å². The van der Waals surface area contributed by atoms with Crippen LogP contribution < -0.4 is 10.6 Å². The highest BCUT2D eigenvalue weighted by Crippen LogP contribution is 1.80. The Kier molecular flexibility index (Phi) is 8.40. The molecule has 3 nitrogen and oxygen atoms in total. The Labute approximate surface area is 82.9 Å². The number of nitrogens with one attached hydrogen (secondary N) is 2. The van der Waals surface area contributed by atoms with Crippen molar-refractivity contribution in [3.05, 3.63) is 0 Å². The molecule has 0 saturated carbocycles. The highest BCUT2D eigenvalue weighted by atomic mass is 15.1. The van der Waals surface area contributed by atoms with E-state index in [1.54, 1.807) is 0 Å². The fourth-order valence-electron chi connectivity index (χ4n) is 1.10. The van der Waals surface area contributed by atoms with Gasteiger partial charge in [0.1, 0.15) is 0 Å². The summed E-state index contributed by atoms with van der Waals surface area (Å²) in [6, 6.07) is 0.575. The van der Waals surface area contributed by atoms with Gasteiger partial charge in [0, 0.05) is 25.7 Å². The average molecular weight is 187 g/mol. The highest BCUT2D eigenvalue weighted by Gasteiger charge is 1.99. The van der Waals surface area contributed by atoms with Gasteiger partial charge < -0.3 is 15.5 Å². The second-order valence-electron chi connectivity index (χ2n) is 3.86. The molecule has 0 bridgehead atoms. The number of likely N-dealkylation sites (N-methyl/N-ethyl adjacent to an activating group) is 1. The summed E-state index contributed by atoms with van der Waals surface area (Å²) in [5.74, 6) is 0. The van der Waals surface area contributed by atoms with Crippen LogP contribution in [0.15, 0.2) is 0 Å². The van der Waals surface area contributed by atoms with Gasteiger partial charge in [-0.25, -0.2) is 0 Å². The van der Waals surface area contributed by atoms with Gasteiger partial charge in [0.25, 0.3) is 0 Å². The molecule has 0 amide bonds. The first-order chi connectivity index (χ1) is 6.16. The molecule has 0 aromatic rings. The van der Waals surface area contributed by atoms with Gasteiger partial charge in [0.2, 0.25) is 0 Å². The van der Waals surface area contributed by atoms with Crippen molar-refractivity contribution in [3.63, 3.8) is 0 Å². The van der Waals surface area contributed by atoms with Crippen molar-refractivity contribution >= 4 is 0 Å². The van der Waals surface area contributed by atoms with Crippen molar-refractivity contribution in [3.8, 4) is 0 Å². The predicted molar refractivity (Wildman–Crippen MR) is 59.2 cm³/mol. The second kappa shape index (κ2) is 8.48. The fraction of sp³-hybridized carbons (Fsp3) is 1.00. The van der Waals surface area contributed by atoms with Crippen molar-refractivity contribution in [1.29, 1.82) is 0 Å². The largest absolute Gasteiger partial charge is 0.315 e. The maximum atomic E-state index is 3.47. The maximum absolute atomic E-state index is 3.47. The van der Waals surface area contributed by atoms with Crippen LogP contribution in [-0.2, 0) is 0 Å². The van der Waals surface area contributed by atoms with E-state index >= 15 is 0 Å². The molecule has 0 saturated heterocycles. The summed E-state index contributed by atoms with van der Waals surface area (Å²) in [4.78, 5) is 2.19. The lowest BCUT2D eigenvalue weighted by Gasteiger charge is -2.16. The lowest BCUT2D eigenvalue weighted by molar-refractivity contribution is 0.383. The van der Waals surface area contributed by atoms with E-state index in [-0.39, 0.29) is 0 Å². The Morgan fingerprint density at radius 3 is 2.46 bits per heavy atom. The Hall–Kier alpha value is -0.120. The van der Waals surface area contributed by atoms with E-state index in [1.165, 1.54) is 6.42 Å². The molecule has 80 valence electrons. The van der Waals surface area contributed by atoms with Crippen LogP contribution in [0.4, 0.5) is 0 Å². The Morgan fingerprint density at radius 1 is 1.23 bits per heavy atom. The van der Waals surface area contributed by atoms with Gasteiger partial charge in [0.15, 0.2) is 0 Å². The van der Waals surface area contributed by atoms with E-state index in [2.05, 4.69) is 43.5 Å². The van der Waals surface area contributed by atoms with Gasteiger partial charge in [-0.15, -0.1) is 0 Å². The fourth-order valence-corrected chi connectivity index (χ4v) is 1.10. The molecule has 0 aliphatic rings. The summed E-state index contributed by atoms with van der Waals surface area (Å²) in [5, 5.41) is 6.87. The highest BCUT2D eigenvalue weighted by molar-refractivity contribution is 4.64. The van der Waals surface area contributed by atoms with Crippen molar-refractivity contribution < 1.29 is 0 Å². The Morgan fingerprint density at radius 2 is 1.92 bits per heavy atom. The SMILES string of the molecule is CCCNCC(C)NCCN(C)C. The van der Waals surface area contributed by atoms with Crippen LogP contribution in [0.25, 0.3) is 0 Å². The van der Waals surface area contributed by atoms with Crippen molar-refractivity contribution in [1.82, 2.24) is 15.5 Å². The monoisotopic (exact) mass is 187 g/mol.